The van der Waals surface area contributed by atoms with E-state index in [4.69, 9.17) is 9.90 Å². The van der Waals surface area contributed by atoms with Gasteiger partial charge in [0.15, 0.2) is 0 Å². The van der Waals surface area contributed by atoms with Crippen LogP contribution in [0.1, 0.15) is 5.48 Å². The van der Waals surface area contributed by atoms with Crippen molar-refractivity contribution in [2.24, 2.45) is 0 Å². The van der Waals surface area contributed by atoms with Gasteiger partial charge in [-0.05, 0) is 90.3 Å². The molecule has 9 aromatic rings. The molecule has 0 aliphatic carbocycles. The molecule has 0 aliphatic heterocycles. The molecular formula is C40H24O. The molecule has 0 amide bonds. The van der Waals surface area contributed by atoms with Crippen LogP contribution in [0.3, 0.4) is 0 Å². The Bertz CT molecular complexity index is 2680. The predicted molar refractivity (Wildman–Crippen MR) is 175 cm³/mol. The summed E-state index contributed by atoms with van der Waals surface area (Å²) in [7, 11) is 0. The van der Waals surface area contributed by atoms with E-state index in [1.807, 2.05) is 84.9 Å². The average Bonchev–Trinajstić information content (AvgIpc) is 3.47. The Balaban J connectivity index is 1.26. The quantitative estimate of drug-likeness (QED) is 0.162. The molecule has 0 fully saturated rings. The van der Waals surface area contributed by atoms with Gasteiger partial charge in [0.2, 0.25) is 0 Å². The van der Waals surface area contributed by atoms with Crippen molar-refractivity contribution < 1.29 is 9.90 Å². The van der Waals surface area contributed by atoms with Crippen LogP contribution in [0.2, 0.25) is 0 Å². The Hall–Kier alpha value is -5.40. The lowest BCUT2D eigenvalue weighted by atomic mass is 9.94. The molecule has 0 saturated heterocycles. The van der Waals surface area contributed by atoms with Gasteiger partial charge in [0.1, 0.15) is 11.2 Å². The fourth-order valence-electron chi connectivity index (χ4n) is 6.26. The van der Waals surface area contributed by atoms with Crippen molar-refractivity contribution >= 4 is 65.0 Å². The van der Waals surface area contributed by atoms with Crippen molar-refractivity contribution in [1.82, 2.24) is 0 Å². The highest BCUT2D eigenvalue weighted by Crippen LogP contribution is 2.40. The lowest BCUT2D eigenvalue weighted by Gasteiger charge is -2.10. The smallest absolute Gasteiger partial charge is 0.143 e. The third-order valence-electron chi connectivity index (χ3n) is 8.27. The SMILES string of the molecule is [2H]c1c([2H])c(-c2cccc3oc4c5ccccc5ccc4c23)c([2H])c([2H])c1-c1ccc2cc3ccc4ccccc4c3cc2c1. The minimum absolute atomic E-state index is 0.0631. The maximum absolute atomic E-state index is 9.17. The Kier molecular flexibility index (Phi) is 3.92. The van der Waals surface area contributed by atoms with Gasteiger partial charge < -0.3 is 4.42 Å². The third-order valence-corrected chi connectivity index (χ3v) is 8.27. The molecule has 41 heavy (non-hydrogen) atoms. The van der Waals surface area contributed by atoms with Crippen LogP contribution in [0, 0.1) is 0 Å². The second kappa shape index (κ2) is 8.55. The largest absolute Gasteiger partial charge is 0.455 e. The summed E-state index contributed by atoms with van der Waals surface area (Å²) in [6.07, 6.45) is 0. The Morgan fingerprint density at radius 2 is 1.12 bits per heavy atom. The fourth-order valence-corrected chi connectivity index (χ4v) is 6.26. The maximum atomic E-state index is 9.17. The molecule has 0 bridgehead atoms. The zero-order valence-corrected chi connectivity index (χ0v) is 22.0. The van der Waals surface area contributed by atoms with Crippen LogP contribution in [-0.2, 0) is 0 Å². The van der Waals surface area contributed by atoms with Crippen molar-refractivity contribution in [3.63, 3.8) is 0 Å². The van der Waals surface area contributed by atoms with Crippen molar-refractivity contribution in [2.75, 3.05) is 0 Å². The zero-order valence-electron chi connectivity index (χ0n) is 26.0. The minimum Gasteiger partial charge on any atom is -0.455 e. The second-order valence-electron chi connectivity index (χ2n) is 10.6. The average molecular weight is 525 g/mol. The normalized spacial score (nSPS) is 13.3. The van der Waals surface area contributed by atoms with Crippen molar-refractivity contribution in [1.29, 1.82) is 0 Å². The van der Waals surface area contributed by atoms with Gasteiger partial charge in [-0.3, -0.25) is 0 Å². The summed E-state index contributed by atoms with van der Waals surface area (Å²) in [6, 6.07) is 40.2. The topological polar surface area (TPSA) is 13.1 Å². The van der Waals surface area contributed by atoms with E-state index in [0.29, 0.717) is 22.3 Å². The van der Waals surface area contributed by atoms with Gasteiger partial charge in [0.05, 0.1) is 5.48 Å². The van der Waals surface area contributed by atoms with E-state index >= 15 is 0 Å². The monoisotopic (exact) mass is 524 g/mol. The number of furan rings is 1. The summed E-state index contributed by atoms with van der Waals surface area (Å²) in [5.41, 5.74) is 3.25. The zero-order chi connectivity index (χ0) is 30.4. The van der Waals surface area contributed by atoms with Crippen molar-refractivity contribution in [3.05, 3.63) is 145 Å². The molecule has 0 atom stereocenters. The Labute approximate surface area is 242 Å². The highest BCUT2D eigenvalue weighted by atomic mass is 16.3. The van der Waals surface area contributed by atoms with Gasteiger partial charge in [0, 0.05) is 16.2 Å². The fraction of sp³-hybridized carbons (Fsp3) is 0. The summed E-state index contributed by atoms with van der Waals surface area (Å²) in [6.45, 7) is 0. The molecule has 1 heteroatoms. The summed E-state index contributed by atoms with van der Waals surface area (Å²) < 4.78 is 42.9. The number of benzene rings is 8. The van der Waals surface area contributed by atoms with Gasteiger partial charge in [-0.15, -0.1) is 0 Å². The number of rotatable bonds is 2. The minimum atomic E-state index is -0.0711. The highest BCUT2D eigenvalue weighted by molar-refractivity contribution is 6.19. The van der Waals surface area contributed by atoms with Crippen LogP contribution in [0.15, 0.2) is 150 Å². The lowest BCUT2D eigenvalue weighted by Crippen LogP contribution is -1.84. The molecule has 8 aromatic carbocycles. The number of hydrogen-bond acceptors (Lipinski definition) is 1. The molecule has 0 spiro atoms. The highest BCUT2D eigenvalue weighted by Gasteiger charge is 2.14. The van der Waals surface area contributed by atoms with Crippen LogP contribution in [0.5, 0.6) is 0 Å². The predicted octanol–water partition coefficient (Wildman–Crippen LogP) is 11.5. The van der Waals surface area contributed by atoms with E-state index in [2.05, 4.69) is 36.4 Å². The molecule has 9 rings (SSSR count). The Morgan fingerprint density at radius 1 is 0.415 bits per heavy atom. The summed E-state index contributed by atoms with van der Waals surface area (Å²) in [4.78, 5) is 0. The van der Waals surface area contributed by atoms with Crippen LogP contribution in [0.25, 0.3) is 87.3 Å². The van der Waals surface area contributed by atoms with Crippen LogP contribution < -0.4 is 0 Å². The molecule has 0 unspecified atom stereocenters. The molecule has 0 saturated carbocycles. The van der Waals surface area contributed by atoms with Crippen molar-refractivity contribution in [3.8, 4) is 22.3 Å². The van der Waals surface area contributed by atoms with E-state index in [9.17, 15) is 0 Å². The first-order valence-electron chi connectivity index (χ1n) is 15.8. The molecular weight excluding hydrogens is 496 g/mol. The molecule has 190 valence electrons. The molecule has 1 heterocycles. The molecule has 0 radical (unpaired) electrons. The maximum Gasteiger partial charge on any atom is 0.143 e. The van der Waals surface area contributed by atoms with Gasteiger partial charge in [0.25, 0.3) is 0 Å². The van der Waals surface area contributed by atoms with Crippen LogP contribution >= 0.6 is 0 Å². The standard InChI is InChI=1S/C40H24O/c1-3-8-33-26(6-1)16-19-31-22-30-18-17-29(23-32(30)24-37(31)33)25-12-14-28(15-13-25)34-10-5-11-38-39(34)36-21-20-27-7-2-4-9-35(27)40(36)41-38/h1-24H/i12D,13D,14D,15D. The van der Waals surface area contributed by atoms with E-state index in [1.165, 1.54) is 10.8 Å². The second-order valence-corrected chi connectivity index (χ2v) is 10.6. The van der Waals surface area contributed by atoms with Gasteiger partial charge in [-0.1, -0.05) is 115 Å². The van der Waals surface area contributed by atoms with E-state index in [1.54, 1.807) is 0 Å². The van der Waals surface area contributed by atoms with Gasteiger partial charge >= 0.3 is 0 Å². The Morgan fingerprint density at radius 3 is 2.00 bits per heavy atom. The number of fused-ring (bicyclic) bond motifs is 9. The molecule has 1 aromatic heterocycles. The first-order chi connectivity index (χ1) is 22.0. The molecule has 0 aliphatic rings. The lowest BCUT2D eigenvalue weighted by molar-refractivity contribution is 0.673. The van der Waals surface area contributed by atoms with E-state index in [0.717, 1.165) is 48.7 Å². The first-order valence-corrected chi connectivity index (χ1v) is 13.8. The molecule has 0 N–H and O–H groups in total. The third kappa shape index (κ3) is 3.43. The van der Waals surface area contributed by atoms with E-state index in [-0.39, 0.29) is 29.7 Å². The van der Waals surface area contributed by atoms with Crippen LogP contribution in [0.4, 0.5) is 0 Å². The summed E-state index contributed by atoms with van der Waals surface area (Å²) >= 11 is 0. The molecule has 1 nitrogen and oxygen atoms in total. The van der Waals surface area contributed by atoms with Gasteiger partial charge in [-0.2, -0.15) is 0 Å². The van der Waals surface area contributed by atoms with Crippen LogP contribution in [-0.4, -0.2) is 0 Å². The van der Waals surface area contributed by atoms with Gasteiger partial charge in [-0.25, -0.2) is 0 Å². The van der Waals surface area contributed by atoms with E-state index < -0.39 is 0 Å². The van der Waals surface area contributed by atoms with Crippen molar-refractivity contribution in [2.45, 2.75) is 0 Å². The first kappa shape index (κ1) is 18.8. The number of hydrogen-bond donors (Lipinski definition) is 0. The summed E-state index contributed by atoms with van der Waals surface area (Å²) in [5.74, 6) is 0. The summed E-state index contributed by atoms with van der Waals surface area (Å²) in [5, 5.41) is 10.4.